The normalized spacial score (nSPS) is 18.1. The summed E-state index contributed by atoms with van der Waals surface area (Å²) in [7, 11) is 0. The van der Waals surface area contributed by atoms with E-state index in [2.05, 4.69) is 0 Å². The lowest BCUT2D eigenvalue weighted by Crippen LogP contribution is -2.31. The van der Waals surface area contributed by atoms with Crippen molar-refractivity contribution in [1.82, 2.24) is 4.90 Å². The molecule has 0 aliphatic carbocycles. The molecular formula is C17H16ClNO2. The molecule has 2 aromatic rings. The van der Waals surface area contributed by atoms with Crippen LogP contribution in [0.15, 0.2) is 60.7 Å². The Hall–Kier alpha value is -2.00. The summed E-state index contributed by atoms with van der Waals surface area (Å²) in [5.41, 5.74) is 2.13. The lowest BCUT2D eigenvalue weighted by Gasteiger charge is -2.26. The van der Waals surface area contributed by atoms with Gasteiger partial charge in [0.15, 0.2) is 0 Å². The third kappa shape index (κ3) is 2.88. The zero-order chi connectivity index (χ0) is 14.7. The van der Waals surface area contributed by atoms with E-state index in [1.165, 1.54) is 0 Å². The summed E-state index contributed by atoms with van der Waals surface area (Å²) in [5, 5.41) is 0. The predicted octanol–water partition coefficient (Wildman–Crippen LogP) is 3.84. The van der Waals surface area contributed by atoms with Crippen molar-refractivity contribution in [3.8, 4) is 0 Å². The number of alkyl halides is 1. The van der Waals surface area contributed by atoms with Crippen molar-refractivity contribution in [2.24, 2.45) is 0 Å². The van der Waals surface area contributed by atoms with Crippen LogP contribution in [0.25, 0.3) is 0 Å². The summed E-state index contributed by atoms with van der Waals surface area (Å²) in [6.45, 7) is 0.511. The summed E-state index contributed by atoms with van der Waals surface area (Å²) in [4.78, 5) is 13.9. The van der Waals surface area contributed by atoms with Gasteiger partial charge in [-0.3, -0.25) is 4.90 Å². The summed E-state index contributed by atoms with van der Waals surface area (Å²) < 4.78 is 5.30. The molecule has 2 aromatic carbocycles. The molecule has 0 saturated carbocycles. The van der Waals surface area contributed by atoms with Crippen molar-refractivity contribution >= 4 is 17.7 Å². The Balaban J connectivity index is 1.99. The van der Waals surface area contributed by atoms with Gasteiger partial charge >= 0.3 is 6.09 Å². The number of nitrogens with zero attached hydrogens (tertiary/aromatic N) is 1. The molecule has 108 valence electrons. The van der Waals surface area contributed by atoms with Crippen molar-refractivity contribution in [3.63, 3.8) is 0 Å². The smallest absolute Gasteiger partial charge is 0.411 e. The van der Waals surface area contributed by atoms with Crippen molar-refractivity contribution < 1.29 is 9.53 Å². The number of rotatable bonds is 4. The van der Waals surface area contributed by atoms with E-state index in [9.17, 15) is 4.79 Å². The predicted molar refractivity (Wildman–Crippen MR) is 82.4 cm³/mol. The number of amides is 1. The van der Waals surface area contributed by atoms with E-state index in [1.807, 2.05) is 60.7 Å². The molecule has 21 heavy (non-hydrogen) atoms. The summed E-state index contributed by atoms with van der Waals surface area (Å²) in [5.74, 6) is 0.318. The van der Waals surface area contributed by atoms with Gasteiger partial charge in [0.25, 0.3) is 0 Å². The molecular weight excluding hydrogens is 286 g/mol. The average Bonchev–Trinajstić information content (AvgIpc) is 2.91. The number of hydrogen-bond donors (Lipinski definition) is 0. The second kappa shape index (κ2) is 6.19. The molecule has 4 heteroatoms. The van der Waals surface area contributed by atoms with Gasteiger partial charge in [-0.25, -0.2) is 4.79 Å². The molecule has 0 bridgehead atoms. The number of halogens is 1. The zero-order valence-electron chi connectivity index (χ0n) is 11.5. The monoisotopic (exact) mass is 301 g/mol. The van der Waals surface area contributed by atoms with Crippen LogP contribution in [0.2, 0.25) is 0 Å². The molecule has 0 N–H and O–H groups in total. The number of cyclic esters (lactones) is 1. The highest BCUT2D eigenvalue weighted by atomic mass is 35.5. The van der Waals surface area contributed by atoms with Crippen molar-refractivity contribution in [2.45, 2.75) is 12.1 Å². The highest BCUT2D eigenvalue weighted by Crippen LogP contribution is 2.32. The van der Waals surface area contributed by atoms with Crippen LogP contribution in [0.5, 0.6) is 0 Å². The van der Waals surface area contributed by atoms with E-state index in [4.69, 9.17) is 16.3 Å². The SMILES string of the molecule is O=C1O[C@@H](CCl)CN1C(c1ccccc1)c1ccccc1. The molecule has 1 aliphatic heterocycles. The first-order chi connectivity index (χ1) is 10.3. The lowest BCUT2D eigenvalue weighted by molar-refractivity contribution is 0.136. The summed E-state index contributed by atoms with van der Waals surface area (Å²) in [6.07, 6.45) is -0.549. The molecule has 1 fully saturated rings. The molecule has 1 amide bonds. The number of carbonyl (C=O) groups excluding carboxylic acids is 1. The minimum atomic E-state index is -0.307. The maximum atomic E-state index is 12.2. The van der Waals surface area contributed by atoms with Crippen LogP contribution in [-0.4, -0.2) is 29.5 Å². The van der Waals surface area contributed by atoms with Gasteiger partial charge in [-0.2, -0.15) is 0 Å². The molecule has 3 nitrogen and oxygen atoms in total. The van der Waals surface area contributed by atoms with Gasteiger partial charge in [-0.15, -0.1) is 11.6 Å². The van der Waals surface area contributed by atoms with Crippen molar-refractivity contribution in [2.75, 3.05) is 12.4 Å². The molecule has 0 unspecified atom stereocenters. The van der Waals surface area contributed by atoms with Crippen LogP contribution in [-0.2, 0) is 4.74 Å². The fraction of sp³-hybridized carbons (Fsp3) is 0.235. The van der Waals surface area contributed by atoms with Crippen LogP contribution in [0.4, 0.5) is 4.79 Å². The van der Waals surface area contributed by atoms with Gasteiger partial charge in [-0.05, 0) is 11.1 Å². The van der Waals surface area contributed by atoms with Crippen LogP contribution in [0.1, 0.15) is 17.2 Å². The maximum Gasteiger partial charge on any atom is 0.411 e. The van der Waals surface area contributed by atoms with Crippen LogP contribution in [0.3, 0.4) is 0 Å². The Labute approximate surface area is 129 Å². The minimum absolute atomic E-state index is 0.145. The molecule has 1 aliphatic rings. The lowest BCUT2D eigenvalue weighted by atomic mass is 9.97. The second-order valence-corrected chi connectivity index (χ2v) is 5.34. The molecule has 0 aromatic heterocycles. The second-order valence-electron chi connectivity index (χ2n) is 5.04. The van der Waals surface area contributed by atoms with Gasteiger partial charge in [0.05, 0.1) is 18.5 Å². The van der Waals surface area contributed by atoms with Crippen molar-refractivity contribution in [3.05, 3.63) is 71.8 Å². The van der Waals surface area contributed by atoms with Gasteiger partial charge in [0.2, 0.25) is 0 Å². The number of benzene rings is 2. The number of carbonyl (C=O) groups is 1. The van der Waals surface area contributed by atoms with E-state index >= 15 is 0 Å². The molecule has 3 rings (SSSR count). The van der Waals surface area contributed by atoms with Gasteiger partial charge in [0.1, 0.15) is 6.10 Å². The third-order valence-corrected chi connectivity index (χ3v) is 3.96. The van der Waals surface area contributed by atoms with Crippen molar-refractivity contribution in [1.29, 1.82) is 0 Å². The Kier molecular flexibility index (Phi) is 4.11. The van der Waals surface area contributed by atoms with Crippen LogP contribution < -0.4 is 0 Å². The Morgan fingerprint density at radius 3 is 2.00 bits per heavy atom. The fourth-order valence-electron chi connectivity index (χ4n) is 2.66. The topological polar surface area (TPSA) is 29.5 Å². The standard InChI is InChI=1S/C17H16ClNO2/c18-11-15-12-19(17(20)21-15)16(13-7-3-1-4-8-13)14-9-5-2-6-10-14/h1-10,15-16H,11-12H2/t15-/m0/s1. The molecule has 1 saturated heterocycles. The van der Waals surface area contributed by atoms with E-state index < -0.39 is 0 Å². The van der Waals surface area contributed by atoms with E-state index in [0.29, 0.717) is 12.4 Å². The zero-order valence-corrected chi connectivity index (χ0v) is 12.2. The Bertz CT molecular complexity index is 563. The average molecular weight is 302 g/mol. The van der Waals surface area contributed by atoms with Gasteiger partial charge in [-0.1, -0.05) is 60.7 Å². The van der Waals surface area contributed by atoms with E-state index in [-0.39, 0.29) is 18.2 Å². The number of ether oxygens (including phenoxy) is 1. The first-order valence-electron chi connectivity index (χ1n) is 6.92. The minimum Gasteiger partial charge on any atom is -0.443 e. The summed E-state index contributed by atoms with van der Waals surface area (Å²) in [6, 6.07) is 19.8. The van der Waals surface area contributed by atoms with Crippen LogP contribution >= 0.6 is 11.6 Å². The van der Waals surface area contributed by atoms with Crippen LogP contribution in [0, 0.1) is 0 Å². The maximum absolute atomic E-state index is 12.2. The van der Waals surface area contributed by atoms with Gasteiger partial charge < -0.3 is 4.74 Å². The van der Waals surface area contributed by atoms with E-state index in [1.54, 1.807) is 4.90 Å². The highest BCUT2D eigenvalue weighted by Gasteiger charge is 2.36. The van der Waals surface area contributed by atoms with Gasteiger partial charge in [0, 0.05) is 0 Å². The first kappa shape index (κ1) is 14.0. The Morgan fingerprint density at radius 2 is 1.57 bits per heavy atom. The highest BCUT2D eigenvalue weighted by molar-refractivity contribution is 6.18. The quantitative estimate of drug-likeness (QED) is 0.803. The fourth-order valence-corrected chi connectivity index (χ4v) is 2.82. The third-order valence-electron chi connectivity index (χ3n) is 3.62. The molecule has 0 spiro atoms. The largest absolute Gasteiger partial charge is 0.443 e. The van der Waals surface area contributed by atoms with E-state index in [0.717, 1.165) is 11.1 Å². The molecule has 1 heterocycles. The number of hydrogen-bond acceptors (Lipinski definition) is 2. The Morgan fingerprint density at radius 1 is 1.05 bits per heavy atom. The first-order valence-corrected chi connectivity index (χ1v) is 7.46. The molecule has 0 radical (unpaired) electrons. The molecule has 1 atom stereocenters. The summed E-state index contributed by atoms with van der Waals surface area (Å²) >= 11 is 5.83.